The Labute approximate surface area is 164 Å². The number of hydrogen-bond donors (Lipinski definition) is 2. The number of amides is 2. The molecule has 0 bridgehead atoms. The van der Waals surface area contributed by atoms with Gasteiger partial charge in [0.1, 0.15) is 5.82 Å². The third-order valence-electron chi connectivity index (χ3n) is 4.03. The van der Waals surface area contributed by atoms with Crippen LogP contribution in [0, 0.1) is 12.7 Å². The van der Waals surface area contributed by atoms with Gasteiger partial charge < -0.3 is 10.6 Å². The van der Waals surface area contributed by atoms with Crippen LogP contribution >= 0.6 is 0 Å². The average Bonchev–Trinajstić information content (AvgIpc) is 2.66. The van der Waals surface area contributed by atoms with E-state index in [2.05, 4.69) is 10.6 Å². The number of sulfone groups is 1. The molecule has 2 N–H and O–H groups in total. The van der Waals surface area contributed by atoms with E-state index in [-0.39, 0.29) is 48.3 Å². The summed E-state index contributed by atoms with van der Waals surface area (Å²) >= 11 is 0. The lowest BCUT2D eigenvalue weighted by Crippen LogP contribution is -2.35. The number of aryl methyl sites for hydroxylation is 1. The molecule has 0 aliphatic carbocycles. The molecule has 6 nitrogen and oxygen atoms in total. The monoisotopic (exact) mass is 406 g/mol. The van der Waals surface area contributed by atoms with Crippen molar-refractivity contribution in [1.82, 2.24) is 10.6 Å². The van der Waals surface area contributed by atoms with Crippen LogP contribution in [-0.4, -0.2) is 39.1 Å². The van der Waals surface area contributed by atoms with Gasteiger partial charge >= 0.3 is 0 Å². The lowest BCUT2D eigenvalue weighted by Gasteiger charge is -2.08. The molecule has 0 aliphatic rings. The quantitative estimate of drug-likeness (QED) is 0.621. The van der Waals surface area contributed by atoms with Crippen molar-refractivity contribution in [3.8, 4) is 0 Å². The molecule has 28 heavy (non-hydrogen) atoms. The predicted octanol–water partition coefficient (Wildman–Crippen LogP) is 1.77. The summed E-state index contributed by atoms with van der Waals surface area (Å²) in [5, 5.41) is 5.21. The maximum atomic E-state index is 12.8. The fourth-order valence-corrected chi connectivity index (χ4v) is 3.67. The summed E-state index contributed by atoms with van der Waals surface area (Å²) in [7, 11) is -3.51. The first-order valence-corrected chi connectivity index (χ1v) is 10.5. The number of rotatable bonds is 9. The molecule has 2 amide bonds. The Morgan fingerprint density at radius 1 is 0.893 bits per heavy atom. The Hall–Kier alpha value is -2.74. The second-order valence-corrected chi connectivity index (χ2v) is 8.49. The molecule has 0 saturated heterocycles. The standard InChI is InChI=1S/C20H23FN2O4S/c1-15-2-8-18(9-3-15)28(26,27)13-10-19(24)22-11-12-23-20(25)14-16-4-6-17(21)7-5-16/h2-9H,10-14H2,1H3,(H,22,24)(H,23,25). The topological polar surface area (TPSA) is 92.3 Å². The first-order chi connectivity index (χ1) is 13.3. The fourth-order valence-electron chi connectivity index (χ4n) is 2.43. The van der Waals surface area contributed by atoms with E-state index in [0.29, 0.717) is 5.56 Å². The number of halogens is 1. The third-order valence-corrected chi connectivity index (χ3v) is 5.76. The van der Waals surface area contributed by atoms with Crippen molar-refractivity contribution in [3.05, 3.63) is 65.5 Å². The summed E-state index contributed by atoms with van der Waals surface area (Å²) in [6.45, 7) is 2.28. The Kier molecular flexibility index (Phi) is 7.69. The van der Waals surface area contributed by atoms with Crippen LogP contribution in [0.2, 0.25) is 0 Å². The maximum Gasteiger partial charge on any atom is 0.224 e. The Bertz CT molecular complexity index is 910. The number of carbonyl (C=O) groups excluding carboxylic acids is 2. The van der Waals surface area contributed by atoms with Crippen LogP contribution < -0.4 is 10.6 Å². The maximum absolute atomic E-state index is 12.8. The van der Waals surface area contributed by atoms with Gasteiger partial charge in [-0.2, -0.15) is 0 Å². The van der Waals surface area contributed by atoms with Crippen molar-refractivity contribution in [2.24, 2.45) is 0 Å². The van der Waals surface area contributed by atoms with Gasteiger partial charge in [0.05, 0.1) is 17.1 Å². The molecule has 2 aromatic carbocycles. The second-order valence-electron chi connectivity index (χ2n) is 6.39. The molecule has 0 radical (unpaired) electrons. The van der Waals surface area contributed by atoms with E-state index in [1.54, 1.807) is 12.1 Å². The fraction of sp³-hybridized carbons (Fsp3) is 0.300. The number of benzene rings is 2. The number of nitrogens with one attached hydrogen (secondary N) is 2. The Morgan fingerprint density at radius 2 is 1.46 bits per heavy atom. The van der Waals surface area contributed by atoms with Gasteiger partial charge in [0, 0.05) is 19.5 Å². The van der Waals surface area contributed by atoms with E-state index >= 15 is 0 Å². The highest BCUT2D eigenvalue weighted by Gasteiger charge is 2.16. The normalized spacial score (nSPS) is 11.1. The molecule has 0 heterocycles. The van der Waals surface area contributed by atoms with Gasteiger partial charge in [-0.15, -0.1) is 0 Å². The van der Waals surface area contributed by atoms with Crippen molar-refractivity contribution in [1.29, 1.82) is 0 Å². The highest BCUT2D eigenvalue weighted by molar-refractivity contribution is 7.91. The Balaban J connectivity index is 1.66. The summed E-state index contributed by atoms with van der Waals surface area (Å²) in [6.07, 6.45) is -0.0389. The van der Waals surface area contributed by atoms with Gasteiger partial charge in [0.15, 0.2) is 9.84 Å². The van der Waals surface area contributed by atoms with Crippen LogP contribution in [0.1, 0.15) is 17.5 Å². The highest BCUT2D eigenvalue weighted by Crippen LogP contribution is 2.12. The summed E-state index contributed by atoms with van der Waals surface area (Å²) in [5.74, 6) is -1.29. The number of carbonyl (C=O) groups is 2. The van der Waals surface area contributed by atoms with Crippen molar-refractivity contribution in [2.45, 2.75) is 24.7 Å². The predicted molar refractivity (Wildman–Crippen MR) is 104 cm³/mol. The van der Waals surface area contributed by atoms with Crippen LogP contribution in [0.5, 0.6) is 0 Å². The Morgan fingerprint density at radius 3 is 2.07 bits per heavy atom. The smallest absolute Gasteiger partial charge is 0.224 e. The van der Waals surface area contributed by atoms with Gasteiger partial charge in [-0.05, 0) is 36.8 Å². The summed E-state index contributed by atoms with van der Waals surface area (Å²) in [4.78, 5) is 23.8. The van der Waals surface area contributed by atoms with Crippen molar-refractivity contribution in [3.63, 3.8) is 0 Å². The van der Waals surface area contributed by atoms with E-state index in [4.69, 9.17) is 0 Å². The van der Waals surface area contributed by atoms with E-state index in [0.717, 1.165) is 5.56 Å². The third kappa shape index (κ3) is 7.11. The van der Waals surface area contributed by atoms with Crippen molar-refractivity contribution >= 4 is 21.7 Å². The van der Waals surface area contributed by atoms with Crippen molar-refractivity contribution < 1.29 is 22.4 Å². The molecule has 0 unspecified atom stereocenters. The van der Waals surface area contributed by atoms with Gasteiger partial charge in [-0.1, -0.05) is 29.8 Å². The van der Waals surface area contributed by atoms with Crippen molar-refractivity contribution in [2.75, 3.05) is 18.8 Å². The van der Waals surface area contributed by atoms with Crippen LogP contribution in [0.25, 0.3) is 0 Å². The van der Waals surface area contributed by atoms with E-state index in [9.17, 15) is 22.4 Å². The van der Waals surface area contributed by atoms with Crippen LogP contribution in [0.15, 0.2) is 53.4 Å². The molecule has 0 aromatic heterocycles. The summed E-state index contributed by atoms with van der Waals surface area (Å²) in [5.41, 5.74) is 1.64. The molecule has 8 heteroatoms. The zero-order chi connectivity index (χ0) is 20.6. The molecule has 2 aromatic rings. The SMILES string of the molecule is Cc1ccc(S(=O)(=O)CCC(=O)NCCNC(=O)Cc2ccc(F)cc2)cc1. The summed E-state index contributed by atoms with van der Waals surface area (Å²) < 4.78 is 37.2. The zero-order valence-corrected chi connectivity index (χ0v) is 16.4. The first kappa shape index (κ1) is 21.6. The molecule has 2 rings (SSSR count). The first-order valence-electron chi connectivity index (χ1n) is 8.83. The second kappa shape index (κ2) is 9.98. The zero-order valence-electron chi connectivity index (χ0n) is 15.6. The van der Waals surface area contributed by atoms with Crippen LogP contribution in [0.4, 0.5) is 4.39 Å². The molecule has 0 atom stereocenters. The minimum absolute atomic E-state index is 0.114. The van der Waals surface area contributed by atoms with Crippen LogP contribution in [0.3, 0.4) is 0 Å². The van der Waals surface area contributed by atoms with E-state index in [1.165, 1.54) is 36.4 Å². The minimum Gasteiger partial charge on any atom is -0.354 e. The van der Waals surface area contributed by atoms with Crippen LogP contribution in [-0.2, 0) is 25.8 Å². The lowest BCUT2D eigenvalue weighted by atomic mass is 10.1. The lowest BCUT2D eigenvalue weighted by molar-refractivity contribution is -0.122. The highest BCUT2D eigenvalue weighted by atomic mass is 32.2. The van der Waals surface area contributed by atoms with E-state index in [1.807, 2.05) is 6.92 Å². The molecule has 150 valence electrons. The molecule has 0 aliphatic heterocycles. The molecular weight excluding hydrogens is 383 g/mol. The van der Waals surface area contributed by atoms with Gasteiger partial charge in [0.25, 0.3) is 0 Å². The number of hydrogen-bond acceptors (Lipinski definition) is 4. The molecule has 0 fully saturated rings. The molecule has 0 saturated carbocycles. The van der Waals surface area contributed by atoms with Gasteiger partial charge in [-0.25, -0.2) is 12.8 Å². The largest absolute Gasteiger partial charge is 0.354 e. The molecular formula is C20H23FN2O4S. The minimum atomic E-state index is -3.51. The van der Waals surface area contributed by atoms with Gasteiger partial charge in [0.2, 0.25) is 11.8 Å². The summed E-state index contributed by atoms with van der Waals surface area (Å²) in [6, 6.07) is 12.1. The molecule has 0 spiro atoms. The average molecular weight is 406 g/mol. The van der Waals surface area contributed by atoms with E-state index < -0.39 is 15.7 Å². The van der Waals surface area contributed by atoms with Gasteiger partial charge in [-0.3, -0.25) is 9.59 Å².